The first-order valence-corrected chi connectivity index (χ1v) is 13.5. The first-order valence-electron chi connectivity index (χ1n) is 13.5. The fourth-order valence-corrected chi connectivity index (χ4v) is 3.14. The lowest BCUT2D eigenvalue weighted by Gasteiger charge is -2.02. The number of anilines is 5. The molecule has 0 aliphatic rings. The standard InChI is InChI=1S/2C8H11NO.3C6H7NO/c1-6(10)7-2-4-8(9)5-3-7;9-8-3-1-2-7(6-8)4-5-10;7-5-1-3-6(8)4-2-5;7-5-2-1-3-6(8)4-5;7-5-3-1-2-4-6(5)8/h2-6,10H,9H2,1H3;1-3,6,10H,4-5,9H2;3*1-4,8H,7H2. The van der Waals surface area contributed by atoms with Crippen LogP contribution in [0, 0.1) is 0 Å². The molecule has 10 nitrogen and oxygen atoms in total. The number of nitrogen functional groups attached to an aromatic ring is 5. The van der Waals surface area contributed by atoms with Crippen molar-refractivity contribution < 1.29 is 25.5 Å². The molecule has 5 rings (SSSR count). The Morgan fingerprint density at radius 2 is 1.07 bits per heavy atom. The monoisotopic (exact) mass is 601 g/mol. The molecule has 0 fully saturated rings. The zero-order chi connectivity index (χ0) is 32.9. The quantitative estimate of drug-likeness (QED) is 0.0751. The summed E-state index contributed by atoms with van der Waals surface area (Å²) in [6, 6.07) is 34.3. The highest BCUT2D eigenvalue weighted by molar-refractivity contribution is 5.50. The molecule has 0 heterocycles. The molecule has 5 aromatic carbocycles. The third-order valence-corrected chi connectivity index (χ3v) is 5.47. The Kier molecular flexibility index (Phi) is 16.8. The highest BCUT2D eigenvalue weighted by Gasteiger charge is 1.97. The zero-order valence-corrected chi connectivity index (χ0v) is 24.7. The molecule has 0 radical (unpaired) electrons. The van der Waals surface area contributed by atoms with E-state index in [-0.39, 0.29) is 23.9 Å². The lowest BCUT2D eigenvalue weighted by molar-refractivity contribution is 0.199. The van der Waals surface area contributed by atoms with E-state index in [0.29, 0.717) is 23.5 Å². The summed E-state index contributed by atoms with van der Waals surface area (Å²) in [6.07, 6.45) is 0.283. The van der Waals surface area contributed by atoms with Crippen LogP contribution in [0.4, 0.5) is 28.4 Å². The van der Waals surface area contributed by atoms with Gasteiger partial charge >= 0.3 is 0 Å². The van der Waals surface area contributed by atoms with Crippen molar-refractivity contribution in [1.82, 2.24) is 0 Å². The predicted molar refractivity (Wildman–Crippen MR) is 181 cm³/mol. The zero-order valence-electron chi connectivity index (χ0n) is 24.7. The summed E-state index contributed by atoms with van der Waals surface area (Å²) in [4.78, 5) is 0. The number of aliphatic hydroxyl groups is 2. The van der Waals surface area contributed by atoms with Crippen LogP contribution in [0.5, 0.6) is 17.2 Å². The molecule has 0 saturated carbocycles. The normalized spacial score (nSPS) is 10.1. The molecule has 44 heavy (non-hydrogen) atoms. The Balaban J connectivity index is 0.000000276. The van der Waals surface area contributed by atoms with E-state index in [4.69, 9.17) is 54.2 Å². The Morgan fingerprint density at radius 1 is 0.545 bits per heavy atom. The molecule has 5 aromatic rings. The van der Waals surface area contributed by atoms with Crippen LogP contribution in [-0.4, -0.2) is 32.1 Å². The van der Waals surface area contributed by atoms with Crippen LogP contribution in [0.1, 0.15) is 24.2 Å². The number of para-hydroxylation sites is 2. The van der Waals surface area contributed by atoms with E-state index in [2.05, 4.69) is 0 Å². The van der Waals surface area contributed by atoms with Gasteiger partial charge < -0.3 is 54.2 Å². The molecule has 0 aliphatic heterocycles. The van der Waals surface area contributed by atoms with Gasteiger partial charge in [0.25, 0.3) is 0 Å². The number of phenolic OH excluding ortho intramolecular Hbond substituents is 3. The molecule has 0 aliphatic carbocycles. The van der Waals surface area contributed by atoms with Crippen LogP contribution in [0.15, 0.2) is 121 Å². The second-order valence-electron chi connectivity index (χ2n) is 9.31. The van der Waals surface area contributed by atoms with Crippen molar-refractivity contribution in [3.8, 4) is 17.2 Å². The van der Waals surface area contributed by atoms with Crippen LogP contribution >= 0.6 is 0 Å². The third-order valence-electron chi connectivity index (χ3n) is 5.47. The maximum Gasteiger partial charge on any atom is 0.138 e. The minimum absolute atomic E-state index is 0.146. The third kappa shape index (κ3) is 16.6. The van der Waals surface area contributed by atoms with Crippen LogP contribution in [-0.2, 0) is 6.42 Å². The largest absolute Gasteiger partial charge is 0.508 e. The van der Waals surface area contributed by atoms with Gasteiger partial charge in [-0.05, 0) is 97.3 Å². The van der Waals surface area contributed by atoms with E-state index < -0.39 is 6.10 Å². The summed E-state index contributed by atoms with van der Waals surface area (Å²) in [5.74, 6) is 0.608. The van der Waals surface area contributed by atoms with Crippen LogP contribution < -0.4 is 28.7 Å². The van der Waals surface area contributed by atoms with Gasteiger partial charge in [-0.3, -0.25) is 0 Å². The molecule has 0 amide bonds. The summed E-state index contributed by atoms with van der Waals surface area (Å²) in [7, 11) is 0. The molecular formula is C34H43N5O5. The van der Waals surface area contributed by atoms with Gasteiger partial charge in [0, 0.05) is 35.4 Å². The smallest absolute Gasteiger partial charge is 0.138 e. The van der Waals surface area contributed by atoms with Crippen molar-refractivity contribution in [3.05, 3.63) is 132 Å². The molecule has 0 aromatic heterocycles. The lowest BCUT2D eigenvalue weighted by Crippen LogP contribution is -1.91. The van der Waals surface area contributed by atoms with Gasteiger partial charge in [-0.2, -0.15) is 0 Å². The van der Waals surface area contributed by atoms with Crippen LogP contribution in [0.3, 0.4) is 0 Å². The Labute approximate surface area is 258 Å². The average molecular weight is 602 g/mol. The first-order chi connectivity index (χ1) is 20.9. The van der Waals surface area contributed by atoms with Crippen molar-refractivity contribution in [2.75, 3.05) is 35.3 Å². The number of aliphatic hydroxyl groups excluding tert-OH is 2. The Morgan fingerprint density at radius 3 is 1.45 bits per heavy atom. The summed E-state index contributed by atoms with van der Waals surface area (Å²) in [5, 5.41) is 43.9. The minimum atomic E-state index is -0.402. The first kappa shape index (κ1) is 36.4. The van der Waals surface area contributed by atoms with E-state index >= 15 is 0 Å². The molecule has 0 saturated heterocycles. The number of benzene rings is 5. The van der Waals surface area contributed by atoms with E-state index in [1.54, 1.807) is 85.8 Å². The summed E-state index contributed by atoms with van der Waals surface area (Å²) >= 11 is 0. The predicted octanol–water partition coefficient (Wildman–Crippen LogP) is 5.05. The maximum absolute atomic E-state index is 9.07. The highest BCUT2D eigenvalue weighted by Crippen LogP contribution is 2.16. The number of nitrogens with two attached hydrogens (primary N) is 5. The Hall–Kier alpha value is -5.58. The van der Waals surface area contributed by atoms with E-state index in [1.165, 1.54) is 6.07 Å². The van der Waals surface area contributed by atoms with Crippen molar-refractivity contribution in [2.45, 2.75) is 19.4 Å². The molecule has 10 heteroatoms. The summed E-state index contributed by atoms with van der Waals surface area (Å²) in [5.41, 5.74) is 32.0. The number of hydrogen-bond donors (Lipinski definition) is 10. The molecule has 0 bridgehead atoms. The minimum Gasteiger partial charge on any atom is -0.508 e. The number of phenols is 3. The lowest BCUT2D eigenvalue weighted by atomic mass is 10.1. The fourth-order valence-electron chi connectivity index (χ4n) is 3.14. The summed E-state index contributed by atoms with van der Waals surface area (Å²) in [6.45, 7) is 1.91. The Bertz CT molecular complexity index is 1420. The van der Waals surface area contributed by atoms with E-state index in [1.807, 2.05) is 36.4 Å². The van der Waals surface area contributed by atoms with Crippen molar-refractivity contribution in [1.29, 1.82) is 0 Å². The van der Waals surface area contributed by atoms with Gasteiger partial charge in [-0.25, -0.2) is 0 Å². The second kappa shape index (κ2) is 20.3. The molecule has 15 N–H and O–H groups in total. The van der Waals surface area contributed by atoms with Crippen molar-refractivity contribution in [2.24, 2.45) is 0 Å². The van der Waals surface area contributed by atoms with Gasteiger partial charge in [0.2, 0.25) is 0 Å². The maximum atomic E-state index is 9.07. The van der Waals surface area contributed by atoms with Crippen LogP contribution in [0.25, 0.3) is 0 Å². The number of rotatable bonds is 3. The molecule has 0 spiro atoms. The summed E-state index contributed by atoms with van der Waals surface area (Å²) < 4.78 is 0. The van der Waals surface area contributed by atoms with E-state index in [9.17, 15) is 0 Å². The molecular weight excluding hydrogens is 558 g/mol. The fraction of sp³-hybridized carbons (Fsp3) is 0.118. The van der Waals surface area contributed by atoms with Gasteiger partial charge in [-0.1, -0.05) is 42.5 Å². The average Bonchev–Trinajstić information content (AvgIpc) is 2.98. The SMILES string of the molecule is CC(O)c1ccc(N)cc1.Nc1ccc(O)cc1.Nc1cccc(CCO)c1.Nc1cccc(O)c1.Nc1ccccc1O. The van der Waals surface area contributed by atoms with Gasteiger partial charge in [0.15, 0.2) is 0 Å². The molecule has 234 valence electrons. The topological polar surface area (TPSA) is 231 Å². The highest BCUT2D eigenvalue weighted by atomic mass is 16.3. The number of hydrogen-bond acceptors (Lipinski definition) is 10. The second-order valence-corrected chi connectivity index (χ2v) is 9.31. The van der Waals surface area contributed by atoms with Crippen molar-refractivity contribution in [3.63, 3.8) is 0 Å². The van der Waals surface area contributed by atoms with E-state index in [0.717, 1.165) is 22.5 Å². The number of aromatic hydroxyl groups is 3. The van der Waals surface area contributed by atoms with Gasteiger partial charge in [0.1, 0.15) is 17.2 Å². The molecule has 1 unspecified atom stereocenters. The van der Waals surface area contributed by atoms with Crippen molar-refractivity contribution >= 4 is 28.4 Å². The van der Waals surface area contributed by atoms with Gasteiger partial charge in [0.05, 0.1) is 11.8 Å². The molecule has 1 atom stereocenters. The van der Waals surface area contributed by atoms with Crippen LogP contribution in [0.2, 0.25) is 0 Å². The van der Waals surface area contributed by atoms with Gasteiger partial charge in [-0.15, -0.1) is 0 Å².